The highest BCUT2D eigenvalue weighted by atomic mass is 31.2. The second-order valence-corrected chi connectivity index (χ2v) is 17.3. The molecule has 0 saturated carbocycles. The van der Waals surface area contributed by atoms with Gasteiger partial charge in [0.2, 0.25) is 0 Å². The fourth-order valence-corrected chi connectivity index (χ4v) is 6.89. The van der Waals surface area contributed by atoms with E-state index in [9.17, 15) is 29.3 Å². The van der Waals surface area contributed by atoms with Crippen LogP contribution in [0.15, 0.2) is 48.6 Å². The van der Waals surface area contributed by atoms with E-state index in [4.69, 9.17) is 19.1 Å². The van der Waals surface area contributed by atoms with Crippen molar-refractivity contribution in [3.8, 4) is 0 Å². The molecule has 0 heterocycles. The molecule has 0 aliphatic rings. The van der Waals surface area contributed by atoms with Gasteiger partial charge in [0.05, 0.1) is 25.9 Å². The van der Waals surface area contributed by atoms with Gasteiger partial charge in [-0.2, -0.15) is 0 Å². The van der Waals surface area contributed by atoms with Gasteiger partial charge in [-0.15, -0.1) is 0 Å². The standard InChI is InChI=1S/C47H85O11P/c1-4-6-34-43(49)35-30-26-22-18-14-11-12-15-19-23-27-31-36-46(51)55-40-45(41-57-59(53,54)56-39-44(50)38-48)58-47(52)37-32-28-24-20-16-10-8-7-9-13-17-21-25-29-33-42(3)5-2/h11-12,18-19,22-23,30,35,42-45,48-50H,4-10,13-17,20-21,24-29,31-34,36-41H2,1-3H3,(H,53,54)/b12-11-,22-18-,23-19-,35-30-/t42?,43-,44-,45+/m0/s1. The van der Waals surface area contributed by atoms with E-state index >= 15 is 0 Å². The second kappa shape index (κ2) is 41.3. The van der Waals surface area contributed by atoms with Crippen LogP contribution in [0, 0.1) is 5.92 Å². The molecule has 0 fully saturated rings. The van der Waals surface area contributed by atoms with Crippen molar-refractivity contribution in [2.45, 2.75) is 206 Å². The lowest BCUT2D eigenvalue weighted by atomic mass is 9.99. The van der Waals surface area contributed by atoms with Crippen LogP contribution in [0.3, 0.4) is 0 Å². The summed E-state index contributed by atoms with van der Waals surface area (Å²) in [5.41, 5.74) is 0. The van der Waals surface area contributed by atoms with Crippen molar-refractivity contribution >= 4 is 19.8 Å². The van der Waals surface area contributed by atoms with E-state index in [1.165, 1.54) is 77.0 Å². The molecule has 5 atom stereocenters. The van der Waals surface area contributed by atoms with Crippen molar-refractivity contribution in [2.24, 2.45) is 5.92 Å². The number of carbonyl (C=O) groups excluding carboxylic acids is 2. The van der Waals surface area contributed by atoms with Crippen LogP contribution in [0.5, 0.6) is 0 Å². The van der Waals surface area contributed by atoms with Gasteiger partial charge in [0.15, 0.2) is 6.10 Å². The lowest BCUT2D eigenvalue weighted by molar-refractivity contribution is -0.161. The summed E-state index contributed by atoms with van der Waals surface area (Å²) in [5, 5.41) is 28.2. The fourth-order valence-electron chi connectivity index (χ4n) is 6.10. The Morgan fingerprint density at radius 2 is 1.12 bits per heavy atom. The minimum atomic E-state index is -4.64. The quantitative estimate of drug-likeness (QED) is 0.0199. The highest BCUT2D eigenvalue weighted by Gasteiger charge is 2.27. The first kappa shape index (κ1) is 56.9. The van der Waals surface area contributed by atoms with Crippen LogP contribution in [-0.4, -0.2) is 76.9 Å². The minimum absolute atomic E-state index is 0.149. The molecule has 344 valence electrons. The van der Waals surface area contributed by atoms with Gasteiger partial charge in [0.25, 0.3) is 0 Å². The van der Waals surface area contributed by atoms with E-state index < -0.39 is 51.8 Å². The molecule has 0 aromatic rings. The fraction of sp³-hybridized carbons (Fsp3) is 0.787. The number of phosphoric ester groups is 1. The van der Waals surface area contributed by atoms with Crippen molar-refractivity contribution in [3.05, 3.63) is 48.6 Å². The van der Waals surface area contributed by atoms with E-state index in [1.54, 1.807) is 0 Å². The first-order valence-corrected chi connectivity index (χ1v) is 24.6. The van der Waals surface area contributed by atoms with Gasteiger partial charge in [-0.05, 0) is 50.9 Å². The molecule has 11 nitrogen and oxygen atoms in total. The number of esters is 2. The lowest BCUT2D eigenvalue weighted by Gasteiger charge is -2.20. The summed E-state index contributed by atoms with van der Waals surface area (Å²) in [5.74, 6) is -0.144. The maximum absolute atomic E-state index is 12.6. The van der Waals surface area contributed by atoms with Crippen LogP contribution < -0.4 is 0 Å². The van der Waals surface area contributed by atoms with E-state index in [0.717, 1.165) is 63.7 Å². The summed E-state index contributed by atoms with van der Waals surface area (Å²) in [6.45, 7) is 4.53. The molecule has 12 heteroatoms. The molecular formula is C47H85O11P. The molecule has 0 saturated heterocycles. The van der Waals surface area contributed by atoms with Crippen LogP contribution >= 0.6 is 7.82 Å². The molecule has 59 heavy (non-hydrogen) atoms. The Labute approximate surface area is 358 Å². The summed E-state index contributed by atoms with van der Waals surface area (Å²) in [4.78, 5) is 35.0. The molecule has 0 rings (SSSR count). The van der Waals surface area contributed by atoms with Crippen molar-refractivity contribution < 1.29 is 52.9 Å². The Morgan fingerprint density at radius 3 is 1.68 bits per heavy atom. The number of phosphoric acid groups is 1. The maximum atomic E-state index is 12.6. The number of carbonyl (C=O) groups is 2. The molecule has 0 spiro atoms. The van der Waals surface area contributed by atoms with E-state index in [0.29, 0.717) is 19.3 Å². The van der Waals surface area contributed by atoms with E-state index in [1.807, 2.05) is 24.3 Å². The van der Waals surface area contributed by atoms with Gasteiger partial charge >= 0.3 is 19.8 Å². The van der Waals surface area contributed by atoms with Gasteiger partial charge < -0.3 is 29.7 Å². The Morgan fingerprint density at radius 1 is 0.610 bits per heavy atom. The summed E-state index contributed by atoms with van der Waals surface area (Å²) >= 11 is 0. The molecule has 0 bridgehead atoms. The van der Waals surface area contributed by atoms with Crippen LogP contribution in [0.2, 0.25) is 0 Å². The summed E-state index contributed by atoms with van der Waals surface area (Å²) < 4.78 is 32.7. The SMILES string of the molecule is CCCC[C@H](O)/C=C\C/C=C\C/C=C\C/C=C\CCCC(=O)OC[C@H](COP(=O)(O)OC[C@@H](O)CO)OC(=O)CCCCCCCCCCCCCCCCC(C)CC. The minimum Gasteiger partial charge on any atom is -0.462 e. The smallest absolute Gasteiger partial charge is 0.462 e. The average Bonchev–Trinajstić information content (AvgIpc) is 3.22. The first-order valence-electron chi connectivity index (χ1n) is 23.1. The maximum Gasteiger partial charge on any atom is 0.472 e. The molecule has 0 aromatic heterocycles. The number of hydrogen-bond acceptors (Lipinski definition) is 10. The molecule has 4 N–H and O–H groups in total. The molecule has 0 aromatic carbocycles. The topological polar surface area (TPSA) is 169 Å². The van der Waals surface area contributed by atoms with Crippen LogP contribution in [0.4, 0.5) is 0 Å². The third-order valence-electron chi connectivity index (χ3n) is 10.1. The second-order valence-electron chi connectivity index (χ2n) is 15.8. The Kier molecular flexibility index (Phi) is 39.8. The zero-order valence-electron chi connectivity index (χ0n) is 37.2. The third-order valence-corrected chi connectivity index (χ3v) is 11.0. The molecule has 2 unspecified atom stereocenters. The number of unbranched alkanes of at least 4 members (excludes halogenated alkanes) is 15. The normalized spacial score (nSPS) is 15.3. The zero-order chi connectivity index (χ0) is 43.7. The number of aliphatic hydroxyl groups excluding tert-OH is 3. The number of ether oxygens (including phenoxy) is 2. The van der Waals surface area contributed by atoms with Crippen molar-refractivity contribution in [3.63, 3.8) is 0 Å². The zero-order valence-corrected chi connectivity index (χ0v) is 38.1. The van der Waals surface area contributed by atoms with Gasteiger partial charge in [-0.25, -0.2) is 4.57 Å². The van der Waals surface area contributed by atoms with Crippen LogP contribution in [0.25, 0.3) is 0 Å². The van der Waals surface area contributed by atoms with Crippen molar-refractivity contribution in [1.82, 2.24) is 0 Å². The van der Waals surface area contributed by atoms with E-state index in [-0.39, 0.29) is 25.6 Å². The van der Waals surface area contributed by atoms with Gasteiger partial charge in [0, 0.05) is 12.8 Å². The summed E-state index contributed by atoms with van der Waals surface area (Å²) in [6, 6.07) is 0. The predicted octanol–water partition coefficient (Wildman–Crippen LogP) is 11.3. The summed E-state index contributed by atoms with van der Waals surface area (Å²) in [6.07, 6.45) is 39.8. The number of aliphatic hydroxyl groups is 3. The molecule has 0 amide bonds. The number of hydrogen-bond donors (Lipinski definition) is 4. The number of allylic oxidation sites excluding steroid dienone is 7. The monoisotopic (exact) mass is 857 g/mol. The Bertz CT molecular complexity index is 1150. The van der Waals surface area contributed by atoms with Crippen molar-refractivity contribution in [2.75, 3.05) is 26.4 Å². The Hall–Kier alpha value is -2.11. The van der Waals surface area contributed by atoms with E-state index in [2.05, 4.69) is 49.6 Å². The molecular weight excluding hydrogens is 771 g/mol. The highest BCUT2D eigenvalue weighted by molar-refractivity contribution is 7.47. The Balaban J connectivity index is 4.37. The lowest BCUT2D eigenvalue weighted by Crippen LogP contribution is -2.29. The molecule has 0 aliphatic heterocycles. The van der Waals surface area contributed by atoms with Crippen LogP contribution in [-0.2, 0) is 32.7 Å². The highest BCUT2D eigenvalue weighted by Crippen LogP contribution is 2.43. The van der Waals surface area contributed by atoms with Gasteiger partial charge in [-0.3, -0.25) is 18.6 Å². The summed E-state index contributed by atoms with van der Waals surface area (Å²) in [7, 11) is -4.64. The first-order chi connectivity index (χ1) is 28.5. The van der Waals surface area contributed by atoms with Crippen molar-refractivity contribution in [1.29, 1.82) is 0 Å². The van der Waals surface area contributed by atoms with Gasteiger partial charge in [-0.1, -0.05) is 179 Å². The van der Waals surface area contributed by atoms with Crippen LogP contribution in [0.1, 0.15) is 188 Å². The molecule has 0 aliphatic carbocycles. The third kappa shape index (κ3) is 41.0. The number of rotatable bonds is 42. The molecule has 0 radical (unpaired) electrons. The largest absolute Gasteiger partial charge is 0.472 e. The predicted molar refractivity (Wildman–Crippen MR) is 239 cm³/mol. The van der Waals surface area contributed by atoms with Gasteiger partial charge in [0.1, 0.15) is 12.7 Å². The average molecular weight is 857 g/mol.